The highest BCUT2D eigenvalue weighted by atomic mass is 35.5. The van der Waals surface area contributed by atoms with E-state index < -0.39 is 16.0 Å². The van der Waals surface area contributed by atoms with Crippen molar-refractivity contribution in [2.75, 3.05) is 0 Å². The molecule has 9 atom stereocenters. The molecule has 0 radical (unpaired) electrons. The number of esters is 1. The summed E-state index contributed by atoms with van der Waals surface area (Å²) in [5, 5.41) is -0.0354. The van der Waals surface area contributed by atoms with Gasteiger partial charge < -0.3 is 4.74 Å². The zero-order valence-corrected chi connectivity index (χ0v) is 29.0. The number of hydrogen-bond acceptors (Lipinski definition) is 4. The smallest absolute Gasteiger partial charge is 0.338 e. The number of benzene rings is 2. The van der Waals surface area contributed by atoms with Crippen LogP contribution in [-0.2, 0) is 14.8 Å². The lowest BCUT2D eigenvalue weighted by Gasteiger charge is -2.61. The molecule has 4 aliphatic carbocycles. The second kappa shape index (κ2) is 12.8. The fourth-order valence-electron chi connectivity index (χ4n) is 10.7. The number of fused-ring (bicyclic) bond motifs is 5. The van der Waals surface area contributed by atoms with Gasteiger partial charge in [-0.25, -0.2) is 4.79 Å². The molecule has 0 aromatic heterocycles. The van der Waals surface area contributed by atoms with E-state index in [2.05, 4.69) is 32.1 Å². The van der Waals surface area contributed by atoms with Gasteiger partial charge in [-0.1, -0.05) is 82.5 Å². The van der Waals surface area contributed by atoms with Gasteiger partial charge in [-0.3, -0.25) is 0 Å². The Bertz CT molecular complexity index is 1530. The first kappa shape index (κ1) is 32.7. The molecular formula is C38H50ClNO4S. The Morgan fingerprint density at radius 3 is 2.47 bits per heavy atom. The van der Waals surface area contributed by atoms with Crippen molar-refractivity contribution in [3.05, 3.63) is 64.7 Å². The number of halogens is 1. The van der Waals surface area contributed by atoms with Crippen LogP contribution in [0.15, 0.2) is 57.8 Å². The molecule has 5 nitrogen and oxygen atoms in total. The first-order chi connectivity index (χ1) is 21.5. The fraction of sp³-hybridized carbons (Fsp3) is 0.632. The van der Waals surface area contributed by atoms with Gasteiger partial charge >= 0.3 is 5.97 Å². The summed E-state index contributed by atoms with van der Waals surface area (Å²) in [4.78, 5) is 13.1. The summed E-state index contributed by atoms with van der Waals surface area (Å²) in [6.45, 7) is 10.1. The van der Waals surface area contributed by atoms with Gasteiger partial charge in [0, 0.05) is 6.21 Å². The van der Waals surface area contributed by atoms with Crippen molar-refractivity contribution in [2.24, 2.45) is 50.7 Å². The number of nitrogens with zero attached hydrogens (tertiary/aromatic N) is 1. The summed E-state index contributed by atoms with van der Waals surface area (Å²) in [6.07, 6.45) is 14.8. The van der Waals surface area contributed by atoms with E-state index >= 15 is 0 Å². The van der Waals surface area contributed by atoms with Gasteiger partial charge in [-0.05, 0) is 128 Å². The summed E-state index contributed by atoms with van der Waals surface area (Å²) in [5.74, 6) is 4.35. The molecule has 45 heavy (non-hydrogen) atoms. The SMILES string of the molecule is CCC[C@@H](C)[C@H]1CCC2C3CCC4CC(OC(=O)c5ccc(S(=O)(=O)N=Cc6ccccc6)c(Cl)c5)CC[C@]4(C)C3CC[C@@]21C. The largest absolute Gasteiger partial charge is 0.459 e. The Kier molecular flexibility index (Phi) is 9.31. The maximum Gasteiger partial charge on any atom is 0.338 e. The first-order valence-corrected chi connectivity index (χ1v) is 19.1. The summed E-state index contributed by atoms with van der Waals surface area (Å²) < 4.78 is 35.5. The highest BCUT2D eigenvalue weighted by molar-refractivity contribution is 7.90. The molecule has 2 aromatic carbocycles. The molecule has 7 heteroatoms. The summed E-state index contributed by atoms with van der Waals surface area (Å²) in [5.41, 5.74) is 1.76. The van der Waals surface area contributed by atoms with Crippen molar-refractivity contribution in [1.82, 2.24) is 0 Å². The van der Waals surface area contributed by atoms with Gasteiger partial charge in [-0.2, -0.15) is 12.8 Å². The minimum atomic E-state index is -4.02. The van der Waals surface area contributed by atoms with E-state index in [0.717, 1.165) is 48.9 Å². The van der Waals surface area contributed by atoms with Crippen LogP contribution in [-0.4, -0.2) is 26.7 Å². The fourth-order valence-corrected chi connectivity index (χ4v) is 12.1. The van der Waals surface area contributed by atoms with Crippen molar-refractivity contribution >= 4 is 33.8 Å². The number of carbonyl (C=O) groups is 1. The molecule has 0 N–H and O–H groups in total. The van der Waals surface area contributed by atoms with Crippen molar-refractivity contribution in [2.45, 2.75) is 109 Å². The molecule has 0 heterocycles. The highest BCUT2D eigenvalue weighted by Gasteiger charge is 2.60. The van der Waals surface area contributed by atoms with Crippen LogP contribution in [0.1, 0.15) is 114 Å². The number of rotatable bonds is 8. The molecule has 244 valence electrons. The number of hydrogen-bond donors (Lipinski definition) is 0. The maximum atomic E-state index is 13.2. The second-order valence-electron chi connectivity index (χ2n) is 15.2. The topological polar surface area (TPSA) is 72.8 Å². The van der Waals surface area contributed by atoms with Gasteiger partial charge in [0.05, 0.1) is 10.6 Å². The molecule has 0 aliphatic heterocycles. The highest BCUT2D eigenvalue weighted by Crippen LogP contribution is 2.68. The lowest BCUT2D eigenvalue weighted by Crippen LogP contribution is -2.54. The van der Waals surface area contributed by atoms with Crippen LogP contribution in [0.5, 0.6) is 0 Å². The minimum absolute atomic E-state index is 0.0354. The molecule has 5 unspecified atom stereocenters. The van der Waals surface area contributed by atoms with E-state index in [-0.39, 0.29) is 21.6 Å². The van der Waals surface area contributed by atoms with Gasteiger partial charge in [0.15, 0.2) is 0 Å². The summed E-state index contributed by atoms with van der Waals surface area (Å²) in [7, 11) is -4.02. The molecule has 0 bridgehead atoms. The third kappa shape index (κ3) is 6.15. The van der Waals surface area contributed by atoms with E-state index in [9.17, 15) is 13.2 Å². The molecule has 4 saturated carbocycles. The van der Waals surface area contributed by atoms with E-state index in [1.54, 1.807) is 12.1 Å². The van der Waals surface area contributed by atoms with Crippen LogP contribution in [0.3, 0.4) is 0 Å². The van der Waals surface area contributed by atoms with Crippen LogP contribution in [0.4, 0.5) is 0 Å². The maximum absolute atomic E-state index is 13.2. The standard InChI is InChI=1S/C38H50ClNO4S/c1-5-9-25(2)31-15-16-32-30-14-13-28-23-29(18-20-37(28,3)33(30)19-21-38(31,32)4)44-36(41)27-12-17-35(34(39)22-27)45(42,43)40-24-26-10-7-6-8-11-26/h6-8,10-12,17,22,24-25,28-33H,5,9,13-16,18-21,23H2,1-4H3/t25-,28?,29?,30?,31-,32?,33?,37+,38-/m1/s1. The zero-order chi connectivity index (χ0) is 32.0. The molecule has 0 saturated heterocycles. The zero-order valence-electron chi connectivity index (χ0n) is 27.4. The van der Waals surface area contributed by atoms with Crippen LogP contribution < -0.4 is 0 Å². The number of sulfonamides is 1. The van der Waals surface area contributed by atoms with Crippen molar-refractivity contribution in [1.29, 1.82) is 0 Å². The normalized spacial score (nSPS) is 35.3. The molecule has 0 amide bonds. The molecule has 4 fully saturated rings. The number of ether oxygens (including phenoxy) is 1. The van der Waals surface area contributed by atoms with E-state index in [0.29, 0.717) is 22.3 Å². The predicted molar refractivity (Wildman–Crippen MR) is 181 cm³/mol. The Labute approximate surface area is 275 Å². The molecular weight excluding hydrogens is 602 g/mol. The molecule has 2 aromatic rings. The minimum Gasteiger partial charge on any atom is -0.459 e. The lowest BCUT2D eigenvalue weighted by atomic mass is 9.44. The van der Waals surface area contributed by atoms with Crippen LogP contribution in [0.2, 0.25) is 5.02 Å². The summed E-state index contributed by atoms with van der Waals surface area (Å²) in [6, 6.07) is 13.2. The van der Waals surface area contributed by atoms with Crippen molar-refractivity contribution in [3.63, 3.8) is 0 Å². The van der Waals surface area contributed by atoms with Gasteiger partial charge in [-0.15, -0.1) is 0 Å². The second-order valence-corrected chi connectivity index (χ2v) is 17.2. The van der Waals surface area contributed by atoms with Gasteiger partial charge in [0.2, 0.25) is 0 Å². The Morgan fingerprint density at radius 1 is 1.00 bits per heavy atom. The average molecular weight is 652 g/mol. The predicted octanol–water partition coefficient (Wildman–Crippen LogP) is 9.77. The number of carbonyl (C=O) groups excluding carboxylic acids is 1. The van der Waals surface area contributed by atoms with Gasteiger partial charge in [0.1, 0.15) is 11.0 Å². The molecule has 6 rings (SSSR count). The molecule has 0 spiro atoms. The van der Waals surface area contributed by atoms with Crippen LogP contribution in [0, 0.1) is 46.3 Å². The van der Waals surface area contributed by atoms with Crippen LogP contribution in [0.25, 0.3) is 0 Å². The lowest BCUT2D eigenvalue weighted by molar-refractivity contribution is -0.130. The summed E-state index contributed by atoms with van der Waals surface area (Å²) >= 11 is 6.39. The van der Waals surface area contributed by atoms with E-state index in [4.69, 9.17) is 16.3 Å². The van der Waals surface area contributed by atoms with Gasteiger partial charge in [0.25, 0.3) is 10.0 Å². The average Bonchev–Trinajstić information content (AvgIpc) is 3.38. The monoisotopic (exact) mass is 651 g/mol. The van der Waals surface area contributed by atoms with E-state index in [1.807, 2.05) is 18.2 Å². The van der Waals surface area contributed by atoms with E-state index in [1.165, 1.54) is 75.8 Å². The quantitative estimate of drug-likeness (QED) is 0.210. The van der Waals surface area contributed by atoms with Crippen molar-refractivity contribution in [3.8, 4) is 0 Å². The molecule has 4 aliphatic rings. The third-order valence-corrected chi connectivity index (χ3v) is 14.7. The van der Waals surface area contributed by atoms with Crippen LogP contribution >= 0.6 is 11.6 Å². The Morgan fingerprint density at radius 2 is 1.73 bits per heavy atom. The Hall–Kier alpha value is -2.18. The van der Waals surface area contributed by atoms with Crippen molar-refractivity contribution < 1.29 is 17.9 Å². The first-order valence-electron chi connectivity index (χ1n) is 17.3. The third-order valence-electron chi connectivity index (χ3n) is 13.0. The Balaban J connectivity index is 1.09.